The van der Waals surface area contributed by atoms with Gasteiger partial charge in [0.05, 0.1) is 11.1 Å². The summed E-state index contributed by atoms with van der Waals surface area (Å²) in [5, 5.41) is 0.987. The smallest absolute Gasteiger partial charge is 0.256 e. The fraction of sp³-hybridized carbons (Fsp3) is 0.375. The molecule has 0 aliphatic carbocycles. The van der Waals surface area contributed by atoms with Crippen LogP contribution in [0.4, 0.5) is 0 Å². The average molecular weight is 271 g/mol. The molecule has 0 aliphatic heterocycles. The highest BCUT2D eigenvalue weighted by Gasteiger charge is 2.20. The summed E-state index contributed by atoms with van der Waals surface area (Å²) < 4.78 is 0. The van der Waals surface area contributed by atoms with E-state index in [-0.39, 0.29) is 11.9 Å². The summed E-state index contributed by atoms with van der Waals surface area (Å²) in [7, 11) is 0. The predicted octanol–water partition coefficient (Wildman–Crippen LogP) is 2.43. The number of rotatable bonds is 5. The van der Waals surface area contributed by atoms with Crippen LogP contribution in [0.1, 0.15) is 30.6 Å². The number of hydrogen-bond acceptors (Lipinski definition) is 3. The van der Waals surface area contributed by atoms with Gasteiger partial charge >= 0.3 is 0 Å². The summed E-state index contributed by atoms with van der Waals surface area (Å²) in [5.74, 6) is 0.0257. The number of hydrogen-bond donors (Lipinski definition) is 1. The van der Waals surface area contributed by atoms with E-state index in [1.165, 1.54) is 0 Å². The molecule has 0 bridgehead atoms. The number of carbonyl (C=O) groups excluding carboxylic acids is 1. The Labute approximate surface area is 119 Å². The number of nitrogens with zero attached hydrogens (tertiary/aromatic N) is 2. The zero-order valence-corrected chi connectivity index (χ0v) is 12.0. The molecule has 0 spiro atoms. The molecule has 1 aromatic heterocycles. The van der Waals surface area contributed by atoms with Gasteiger partial charge < -0.3 is 10.6 Å². The van der Waals surface area contributed by atoms with Crippen molar-refractivity contribution >= 4 is 16.8 Å². The van der Waals surface area contributed by atoms with Crippen LogP contribution < -0.4 is 5.73 Å². The van der Waals surface area contributed by atoms with Crippen molar-refractivity contribution < 1.29 is 4.79 Å². The number of para-hydroxylation sites is 1. The summed E-state index contributed by atoms with van der Waals surface area (Å²) in [6.45, 7) is 5.31. The highest BCUT2D eigenvalue weighted by Crippen LogP contribution is 2.18. The SMILES string of the molecule is CC(C)N(CCCN)C(=O)c1cccc2cccnc12. The topological polar surface area (TPSA) is 59.2 Å². The third-order valence-electron chi connectivity index (χ3n) is 3.35. The van der Waals surface area contributed by atoms with Gasteiger partial charge in [-0.2, -0.15) is 0 Å². The van der Waals surface area contributed by atoms with E-state index in [2.05, 4.69) is 4.98 Å². The Morgan fingerprint density at radius 2 is 2.05 bits per heavy atom. The van der Waals surface area contributed by atoms with E-state index < -0.39 is 0 Å². The van der Waals surface area contributed by atoms with Crippen molar-refractivity contribution in [3.05, 3.63) is 42.1 Å². The minimum atomic E-state index is 0.0257. The molecular formula is C16H21N3O. The first-order chi connectivity index (χ1) is 9.65. The first-order valence-corrected chi connectivity index (χ1v) is 7.00. The number of benzene rings is 1. The van der Waals surface area contributed by atoms with Gasteiger partial charge in [0.15, 0.2) is 0 Å². The van der Waals surface area contributed by atoms with Crippen LogP contribution in [0.3, 0.4) is 0 Å². The average Bonchev–Trinajstić information content (AvgIpc) is 2.46. The monoisotopic (exact) mass is 271 g/mol. The molecule has 0 radical (unpaired) electrons. The van der Waals surface area contributed by atoms with E-state index >= 15 is 0 Å². The molecule has 1 amide bonds. The third kappa shape index (κ3) is 2.96. The van der Waals surface area contributed by atoms with E-state index in [0.717, 1.165) is 17.3 Å². The van der Waals surface area contributed by atoms with Crippen LogP contribution in [-0.4, -0.2) is 34.9 Å². The third-order valence-corrected chi connectivity index (χ3v) is 3.35. The lowest BCUT2D eigenvalue weighted by atomic mass is 10.1. The number of pyridine rings is 1. The molecule has 1 aromatic carbocycles. The normalized spacial score (nSPS) is 11.0. The lowest BCUT2D eigenvalue weighted by molar-refractivity contribution is 0.0706. The molecule has 2 N–H and O–H groups in total. The second kappa shape index (κ2) is 6.48. The van der Waals surface area contributed by atoms with Gasteiger partial charge in [0.25, 0.3) is 5.91 Å². The van der Waals surface area contributed by atoms with Crippen LogP contribution in [0.5, 0.6) is 0 Å². The lowest BCUT2D eigenvalue weighted by Gasteiger charge is -2.27. The van der Waals surface area contributed by atoms with Crippen molar-refractivity contribution in [3.8, 4) is 0 Å². The van der Waals surface area contributed by atoms with Crippen LogP contribution in [-0.2, 0) is 0 Å². The molecule has 4 nitrogen and oxygen atoms in total. The zero-order chi connectivity index (χ0) is 14.5. The highest BCUT2D eigenvalue weighted by atomic mass is 16.2. The van der Waals surface area contributed by atoms with Crippen LogP contribution in [0.2, 0.25) is 0 Å². The van der Waals surface area contributed by atoms with Gasteiger partial charge in [-0.25, -0.2) is 0 Å². The summed E-state index contributed by atoms with van der Waals surface area (Å²) in [4.78, 5) is 19.0. The largest absolute Gasteiger partial charge is 0.336 e. The second-order valence-corrected chi connectivity index (χ2v) is 5.12. The van der Waals surface area contributed by atoms with Crippen molar-refractivity contribution in [2.45, 2.75) is 26.3 Å². The number of amides is 1. The van der Waals surface area contributed by atoms with E-state index in [9.17, 15) is 4.79 Å². The highest BCUT2D eigenvalue weighted by molar-refractivity contribution is 6.05. The Morgan fingerprint density at radius 1 is 1.30 bits per heavy atom. The minimum absolute atomic E-state index is 0.0257. The lowest BCUT2D eigenvalue weighted by Crippen LogP contribution is -2.38. The van der Waals surface area contributed by atoms with Crippen LogP contribution in [0.25, 0.3) is 10.9 Å². The summed E-state index contributed by atoms with van der Waals surface area (Å²) >= 11 is 0. The maximum atomic E-state index is 12.8. The summed E-state index contributed by atoms with van der Waals surface area (Å²) in [5.41, 5.74) is 6.98. The maximum absolute atomic E-state index is 12.8. The Morgan fingerprint density at radius 3 is 2.75 bits per heavy atom. The molecular weight excluding hydrogens is 250 g/mol. The molecule has 20 heavy (non-hydrogen) atoms. The quantitative estimate of drug-likeness (QED) is 0.908. The standard InChI is InChI=1S/C16H21N3O/c1-12(2)19(11-5-9-17)16(20)14-8-3-6-13-7-4-10-18-15(13)14/h3-4,6-8,10,12H,5,9,11,17H2,1-2H3. The molecule has 0 atom stereocenters. The number of carbonyl (C=O) groups is 1. The molecule has 2 aromatic rings. The Kier molecular flexibility index (Phi) is 4.69. The van der Waals surface area contributed by atoms with E-state index in [4.69, 9.17) is 5.73 Å². The predicted molar refractivity (Wildman–Crippen MR) is 81.6 cm³/mol. The zero-order valence-electron chi connectivity index (χ0n) is 12.0. The van der Waals surface area contributed by atoms with Crippen molar-refractivity contribution in [1.29, 1.82) is 0 Å². The van der Waals surface area contributed by atoms with Crippen molar-refractivity contribution in [1.82, 2.24) is 9.88 Å². The van der Waals surface area contributed by atoms with Crippen molar-refractivity contribution in [3.63, 3.8) is 0 Å². The van der Waals surface area contributed by atoms with Crippen molar-refractivity contribution in [2.75, 3.05) is 13.1 Å². The van der Waals surface area contributed by atoms with E-state index in [0.29, 0.717) is 18.7 Å². The number of fused-ring (bicyclic) bond motifs is 1. The van der Waals surface area contributed by atoms with Gasteiger partial charge in [0.2, 0.25) is 0 Å². The van der Waals surface area contributed by atoms with E-state index in [1.807, 2.05) is 49.1 Å². The number of aromatic nitrogens is 1. The maximum Gasteiger partial charge on any atom is 0.256 e. The van der Waals surface area contributed by atoms with Gasteiger partial charge in [-0.1, -0.05) is 18.2 Å². The van der Waals surface area contributed by atoms with Crippen LogP contribution >= 0.6 is 0 Å². The van der Waals surface area contributed by atoms with Crippen molar-refractivity contribution in [2.24, 2.45) is 5.73 Å². The van der Waals surface area contributed by atoms with Gasteiger partial charge in [0, 0.05) is 24.2 Å². The molecule has 0 fully saturated rings. The van der Waals surface area contributed by atoms with Gasteiger partial charge in [0.1, 0.15) is 0 Å². The molecule has 0 saturated heterocycles. The molecule has 4 heteroatoms. The van der Waals surface area contributed by atoms with Gasteiger partial charge in [-0.3, -0.25) is 9.78 Å². The molecule has 1 heterocycles. The van der Waals surface area contributed by atoms with Crippen LogP contribution in [0.15, 0.2) is 36.5 Å². The first kappa shape index (κ1) is 14.5. The summed E-state index contributed by atoms with van der Waals surface area (Å²) in [6, 6.07) is 9.71. The Balaban J connectivity index is 2.38. The van der Waals surface area contributed by atoms with E-state index in [1.54, 1.807) is 6.20 Å². The van der Waals surface area contributed by atoms with Gasteiger partial charge in [-0.15, -0.1) is 0 Å². The van der Waals surface area contributed by atoms with Crippen LogP contribution in [0, 0.1) is 0 Å². The molecule has 0 aliphatic rings. The fourth-order valence-electron chi connectivity index (χ4n) is 2.29. The molecule has 0 unspecified atom stereocenters. The first-order valence-electron chi connectivity index (χ1n) is 7.00. The summed E-state index contributed by atoms with van der Waals surface area (Å²) in [6.07, 6.45) is 2.53. The number of nitrogens with two attached hydrogens (primary N) is 1. The molecule has 106 valence electrons. The second-order valence-electron chi connectivity index (χ2n) is 5.12. The van der Waals surface area contributed by atoms with Gasteiger partial charge in [-0.05, 0) is 38.9 Å². The fourth-order valence-corrected chi connectivity index (χ4v) is 2.29. The Bertz CT molecular complexity index is 590. The minimum Gasteiger partial charge on any atom is -0.336 e. The molecule has 0 saturated carbocycles. The molecule has 2 rings (SSSR count). The Hall–Kier alpha value is -1.94.